The molecule has 1 fully saturated rings. The molecule has 0 saturated carbocycles. The van der Waals surface area contributed by atoms with Crippen LogP contribution in [-0.4, -0.2) is 28.9 Å². The van der Waals surface area contributed by atoms with E-state index in [1.54, 1.807) is 36.4 Å². The SMILES string of the molecule is CCCc1c(NC(=O)[C@@H]2N[C@@H](CC(C)(C)C)C3(C(=O)Nc4cc(Cl)ccc43)[C@@H]2c2cccc(Cl)c2F)cc[nH]c1=O. The lowest BCUT2D eigenvalue weighted by Crippen LogP contribution is -2.49. The molecule has 2 aliphatic rings. The third-order valence-corrected chi connectivity index (χ3v) is 8.57. The molecule has 4 atom stereocenters. The number of carbonyl (C=O) groups excluding carboxylic acids is 2. The van der Waals surface area contributed by atoms with Gasteiger partial charge in [0, 0.05) is 34.4 Å². The molecule has 0 bridgehead atoms. The highest BCUT2D eigenvalue weighted by atomic mass is 35.5. The number of fused-ring (bicyclic) bond motifs is 2. The monoisotopic (exact) mass is 598 g/mol. The Morgan fingerprint density at radius 1 is 1.12 bits per heavy atom. The Labute approximate surface area is 248 Å². The second-order valence-corrected chi connectivity index (χ2v) is 12.9. The van der Waals surface area contributed by atoms with E-state index in [1.165, 1.54) is 12.3 Å². The Hall–Kier alpha value is -3.20. The van der Waals surface area contributed by atoms with Gasteiger partial charge < -0.3 is 20.9 Å². The van der Waals surface area contributed by atoms with Gasteiger partial charge in [-0.3, -0.25) is 14.4 Å². The second-order valence-electron chi connectivity index (χ2n) is 12.0. The number of aromatic nitrogens is 1. The van der Waals surface area contributed by atoms with Gasteiger partial charge in [0.1, 0.15) is 11.2 Å². The number of rotatable bonds is 6. The van der Waals surface area contributed by atoms with Gasteiger partial charge in [-0.1, -0.05) is 75.5 Å². The Balaban J connectivity index is 1.72. The number of nitrogens with one attached hydrogen (secondary N) is 4. The number of pyridine rings is 1. The molecule has 10 heteroatoms. The molecule has 2 amide bonds. The fraction of sp³-hybridized carbons (Fsp3) is 0.387. The van der Waals surface area contributed by atoms with Crippen LogP contribution in [0.25, 0.3) is 0 Å². The lowest BCUT2D eigenvalue weighted by molar-refractivity contribution is -0.122. The number of carbonyl (C=O) groups is 2. The van der Waals surface area contributed by atoms with Gasteiger partial charge in [-0.05, 0) is 53.6 Å². The average molecular weight is 600 g/mol. The van der Waals surface area contributed by atoms with Crippen LogP contribution >= 0.6 is 23.2 Å². The molecule has 2 aliphatic heterocycles. The summed E-state index contributed by atoms with van der Waals surface area (Å²) in [6, 6.07) is 9.81. The smallest absolute Gasteiger partial charge is 0.253 e. The summed E-state index contributed by atoms with van der Waals surface area (Å²) in [5.41, 5.74) is 0.234. The lowest BCUT2D eigenvalue weighted by Gasteiger charge is -2.37. The van der Waals surface area contributed by atoms with Crippen molar-refractivity contribution in [2.45, 2.75) is 70.4 Å². The third-order valence-electron chi connectivity index (χ3n) is 8.04. The molecule has 1 aromatic heterocycles. The number of benzene rings is 2. The summed E-state index contributed by atoms with van der Waals surface area (Å²) in [6.45, 7) is 8.09. The lowest BCUT2D eigenvalue weighted by atomic mass is 9.62. The molecule has 1 unspecified atom stereocenters. The first-order valence-electron chi connectivity index (χ1n) is 13.7. The van der Waals surface area contributed by atoms with E-state index in [0.29, 0.717) is 46.8 Å². The van der Waals surface area contributed by atoms with Crippen LogP contribution in [0.5, 0.6) is 0 Å². The minimum Gasteiger partial charge on any atom is -0.329 e. The van der Waals surface area contributed by atoms with Crippen molar-refractivity contribution in [3.8, 4) is 0 Å². The van der Waals surface area contributed by atoms with Crippen LogP contribution in [0.3, 0.4) is 0 Å². The number of hydrogen-bond acceptors (Lipinski definition) is 4. The zero-order valence-electron chi connectivity index (χ0n) is 23.3. The van der Waals surface area contributed by atoms with Crippen LogP contribution in [-0.2, 0) is 21.4 Å². The van der Waals surface area contributed by atoms with Crippen LogP contribution < -0.4 is 21.5 Å². The van der Waals surface area contributed by atoms with Crippen molar-refractivity contribution in [1.29, 1.82) is 0 Å². The van der Waals surface area contributed by atoms with Gasteiger partial charge in [0.2, 0.25) is 11.8 Å². The van der Waals surface area contributed by atoms with Crippen LogP contribution in [0.15, 0.2) is 53.5 Å². The minimum atomic E-state index is -1.36. The van der Waals surface area contributed by atoms with Crippen molar-refractivity contribution in [1.82, 2.24) is 10.3 Å². The first kappa shape index (κ1) is 29.3. The van der Waals surface area contributed by atoms with Crippen molar-refractivity contribution >= 4 is 46.4 Å². The average Bonchev–Trinajstić information content (AvgIpc) is 3.36. The number of aromatic amines is 1. The Bertz CT molecular complexity index is 1580. The number of anilines is 2. The highest BCUT2D eigenvalue weighted by Gasteiger charge is 2.66. The first-order valence-corrected chi connectivity index (χ1v) is 14.5. The van der Waals surface area contributed by atoms with Gasteiger partial charge in [-0.25, -0.2) is 4.39 Å². The fourth-order valence-corrected chi connectivity index (χ4v) is 6.84. The largest absolute Gasteiger partial charge is 0.329 e. The van der Waals surface area contributed by atoms with Gasteiger partial charge in [-0.2, -0.15) is 0 Å². The molecule has 5 rings (SSSR count). The molecule has 1 spiro atoms. The first-order chi connectivity index (χ1) is 19.4. The standard InChI is InChI=1S/C31H33Cl2FN4O3/c1-5-7-17-21(12-13-35-27(17)39)36-28(40)26-24(18-8-6-9-20(33)25(18)34)31(23(38-26)15-30(2,3)4)19-11-10-16(32)14-22(19)37-29(31)41/h6,8-14,23-24,26,38H,5,7,15H2,1-4H3,(H,37,41)(H2,35,36,39,40)/t23-,24+,26+,31?/m0/s1. The molecule has 0 radical (unpaired) electrons. The van der Waals surface area contributed by atoms with E-state index >= 15 is 4.39 Å². The van der Waals surface area contributed by atoms with E-state index in [2.05, 4.69) is 20.9 Å². The van der Waals surface area contributed by atoms with E-state index in [-0.39, 0.29) is 27.5 Å². The molecule has 0 aliphatic carbocycles. The van der Waals surface area contributed by atoms with Gasteiger partial charge in [-0.15, -0.1) is 0 Å². The molecule has 1 saturated heterocycles. The van der Waals surface area contributed by atoms with E-state index < -0.39 is 35.1 Å². The van der Waals surface area contributed by atoms with Gasteiger partial charge in [0.15, 0.2) is 0 Å². The molecule has 4 N–H and O–H groups in total. The Morgan fingerprint density at radius 2 is 1.88 bits per heavy atom. The quantitative estimate of drug-likeness (QED) is 0.273. The maximum atomic E-state index is 15.9. The zero-order chi connectivity index (χ0) is 29.7. The van der Waals surface area contributed by atoms with Crippen molar-refractivity contribution < 1.29 is 14.0 Å². The molecule has 3 aromatic rings. The maximum Gasteiger partial charge on any atom is 0.253 e. The summed E-state index contributed by atoms with van der Waals surface area (Å²) < 4.78 is 15.9. The molecule has 7 nitrogen and oxygen atoms in total. The molecule has 3 heterocycles. The highest BCUT2D eigenvalue weighted by Crippen LogP contribution is 2.57. The van der Waals surface area contributed by atoms with Crippen LogP contribution in [0.4, 0.5) is 15.8 Å². The van der Waals surface area contributed by atoms with E-state index in [9.17, 15) is 14.4 Å². The Morgan fingerprint density at radius 3 is 2.59 bits per heavy atom. The number of amides is 2. The predicted octanol–water partition coefficient (Wildman–Crippen LogP) is 6.16. The summed E-state index contributed by atoms with van der Waals surface area (Å²) in [4.78, 5) is 43.6. The molecular formula is C31H33Cl2FN4O3. The number of hydrogen-bond donors (Lipinski definition) is 4. The summed E-state index contributed by atoms with van der Waals surface area (Å²) in [5.74, 6) is -2.50. The van der Waals surface area contributed by atoms with Crippen molar-refractivity contribution in [3.63, 3.8) is 0 Å². The van der Waals surface area contributed by atoms with Gasteiger partial charge in [0.05, 0.1) is 16.8 Å². The normalized spacial score (nSPS) is 23.5. The van der Waals surface area contributed by atoms with Gasteiger partial charge in [0.25, 0.3) is 5.56 Å². The number of H-pyrrole nitrogens is 1. The van der Waals surface area contributed by atoms with Crippen LogP contribution in [0, 0.1) is 11.2 Å². The summed E-state index contributed by atoms with van der Waals surface area (Å²) in [7, 11) is 0. The topological polar surface area (TPSA) is 103 Å². The fourth-order valence-electron chi connectivity index (χ4n) is 6.49. The molecular weight excluding hydrogens is 566 g/mol. The van der Waals surface area contributed by atoms with Crippen molar-refractivity contribution in [2.24, 2.45) is 5.41 Å². The zero-order valence-corrected chi connectivity index (χ0v) is 24.8. The minimum absolute atomic E-state index is 0.106. The maximum absolute atomic E-state index is 15.9. The second kappa shape index (κ2) is 10.9. The van der Waals surface area contributed by atoms with Crippen LogP contribution in [0.1, 0.15) is 63.1 Å². The van der Waals surface area contributed by atoms with E-state index in [1.807, 2.05) is 27.7 Å². The van der Waals surface area contributed by atoms with E-state index in [0.717, 1.165) is 0 Å². The summed E-state index contributed by atoms with van der Waals surface area (Å²) in [6.07, 6.45) is 3.13. The van der Waals surface area contributed by atoms with E-state index in [4.69, 9.17) is 23.2 Å². The highest BCUT2D eigenvalue weighted by molar-refractivity contribution is 6.31. The van der Waals surface area contributed by atoms with Crippen molar-refractivity contribution in [3.05, 3.63) is 91.6 Å². The molecule has 2 aromatic carbocycles. The predicted molar refractivity (Wildman–Crippen MR) is 160 cm³/mol. The Kier molecular flexibility index (Phi) is 7.78. The summed E-state index contributed by atoms with van der Waals surface area (Å²) in [5, 5.41) is 9.67. The van der Waals surface area contributed by atoms with Gasteiger partial charge >= 0.3 is 0 Å². The van der Waals surface area contributed by atoms with Crippen LogP contribution in [0.2, 0.25) is 10.0 Å². The molecule has 216 valence electrons. The number of halogens is 3. The third kappa shape index (κ3) is 5.07. The summed E-state index contributed by atoms with van der Waals surface area (Å²) >= 11 is 12.6. The molecule has 41 heavy (non-hydrogen) atoms. The van der Waals surface area contributed by atoms with Crippen molar-refractivity contribution in [2.75, 3.05) is 10.6 Å².